The number of rotatable bonds is 6. The molecule has 0 fully saturated rings. The van der Waals surface area contributed by atoms with E-state index in [0.717, 1.165) is 32.6 Å². The number of hydrogen-bond donors (Lipinski definition) is 0. The van der Waals surface area contributed by atoms with Crippen LogP contribution in [-0.4, -0.2) is 9.97 Å². The second-order valence-electron chi connectivity index (χ2n) is 9.87. The zero-order chi connectivity index (χ0) is 28.5. The Labute approximate surface area is 252 Å². The molecule has 2 atom stereocenters. The third kappa shape index (κ3) is 6.74. The van der Waals surface area contributed by atoms with Crippen molar-refractivity contribution in [1.82, 2.24) is 9.97 Å². The molecular formula is C37H30Cl2N2. The van der Waals surface area contributed by atoms with Crippen molar-refractivity contribution in [3.05, 3.63) is 202 Å². The summed E-state index contributed by atoms with van der Waals surface area (Å²) in [7, 11) is 0. The molecule has 202 valence electrons. The summed E-state index contributed by atoms with van der Waals surface area (Å²) < 4.78 is 0. The molecule has 2 nitrogen and oxygen atoms in total. The molecule has 0 spiro atoms. The molecule has 6 rings (SSSR count). The molecule has 2 aromatic heterocycles. The molecule has 0 aliphatic carbocycles. The molecule has 2 heterocycles. The van der Waals surface area contributed by atoms with Crippen molar-refractivity contribution in [2.75, 3.05) is 0 Å². The summed E-state index contributed by atoms with van der Waals surface area (Å²) in [5.41, 5.74) is 6.43. The highest BCUT2D eigenvalue weighted by molar-refractivity contribution is 6.30. The molecule has 0 N–H and O–H groups in total. The Balaban J connectivity index is 0.000000165. The monoisotopic (exact) mass is 572 g/mol. The van der Waals surface area contributed by atoms with Crippen LogP contribution in [0.25, 0.3) is 0 Å². The van der Waals surface area contributed by atoms with Gasteiger partial charge in [-0.3, -0.25) is 9.97 Å². The van der Waals surface area contributed by atoms with Crippen LogP contribution in [0.2, 0.25) is 10.0 Å². The largest absolute Gasteiger partial charge is 0.260 e. The molecule has 0 aliphatic heterocycles. The smallest absolute Gasteiger partial charge is 0.0596 e. The summed E-state index contributed by atoms with van der Waals surface area (Å²) in [6.45, 7) is 2.19. The first-order valence-corrected chi connectivity index (χ1v) is 14.3. The highest BCUT2D eigenvalue weighted by Crippen LogP contribution is 2.38. The van der Waals surface area contributed by atoms with Gasteiger partial charge in [-0.2, -0.15) is 0 Å². The SMILES string of the molecule is CC(c1ccccc1)(c1cccc(Cl)c1)c1ccccn1.Clc1cccc(C(c2ccccc2)c2ccccn2)c1. The van der Waals surface area contributed by atoms with Gasteiger partial charge in [0.05, 0.1) is 22.7 Å². The Kier molecular flexibility index (Phi) is 9.26. The van der Waals surface area contributed by atoms with E-state index in [1.165, 1.54) is 11.1 Å². The van der Waals surface area contributed by atoms with Gasteiger partial charge in [-0.25, -0.2) is 0 Å². The molecule has 4 aromatic carbocycles. The second-order valence-corrected chi connectivity index (χ2v) is 10.7. The summed E-state index contributed by atoms with van der Waals surface area (Å²) in [6, 6.07) is 48.8. The van der Waals surface area contributed by atoms with Gasteiger partial charge in [-0.15, -0.1) is 0 Å². The third-order valence-corrected chi connectivity index (χ3v) is 7.70. The number of halogens is 2. The van der Waals surface area contributed by atoms with Gasteiger partial charge in [0, 0.05) is 22.4 Å². The van der Waals surface area contributed by atoms with Crippen LogP contribution in [0.15, 0.2) is 158 Å². The predicted octanol–water partition coefficient (Wildman–Crippen LogP) is 10.0. The number of hydrogen-bond acceptors (Lipinski definition) is 2. The Bertz CT molecular complexity index is 1580. The molecule has 0 bridgehead atoms. The van der Waals surface area contributed by atoms with Gasteiger partial charge in [0.2, 0.25) is 0 Å². The lowest BCUT2D eigenvalue weighted by atomic mass is 9.73. The van der Waals surface area contributed by atoms with Gasteiger partial charge in [-0.05, 0) is 77.7 Å². The van der Waals surface area contributed by atoms with Gasteiger partial charge in [0.1, 0.15) is 0 Å². The predicted molar refractivity (Wildman–Crippen MR) is 171 cm³/mol. The Morgan fingerprint density at radius 3 is 1.68 bits per heavy atom. The van der Waals surface area contributed by atoms with Crippen LogP contribution in [0.5, 0.6) is 0 Å². The molecular weight excluding hydrogens is 543 g/mol. The summed E-state index contributed by atoms with van der Waals surface area (Å²) in [5, 5.41) is 1.49. The van der Waals surface area contributed by atoms with E-state index in [-0.39, 0.29) is 11.3 Å². The molecule has 41 heavy (non-hydrogen) atoms. The minimum Gasteiger partial charge on any atom is -0.260 e. The molecule has 2 unspecified atom stereocenters. The molecule has 0 saturated carbocycles. The lowest BCUT2D eigenvalue weighted by Gasteiger charge is -2.30. The summed E-state index contributed by atoms with van der Waals surface area (Å²) in [5.74, 6) is 0.107. The van der Waals surface area contributed by atoms with E-state index in [0.29, 0.717) is 0 Å². The quantitative estimate of drug-likeness (QED) is 0.198. The number of nitrogens with zero attached hydrogens (tertiary/aromatic N) is 2. The topological polar surface area (TPSA) is 25.8 Å². The highest BCUT2D eigenvalue weighted by atomic mass is 35.5. The van der Waals surface area contributed by atoms with Crippen LogP contribution >= 0.6 is 23.2 Å². The summed E-state index contributed by atoms with van der Waals surface area (Å²) >= 11 is 12.3. The first-order valence-electron chi connectivity index (χ1n) is 13.5. The fourth-order valence-electron chi connectivity index (χ4n) is 5.10. The van der Waals surface area contributed by atoms with Gasteiger partial charge < -0.3 is 0 Å². The maximum atomic E-state index is 6.21. The zero-order valence-electron chi connectivity index (χ0n) is 22.7. The standard InChI is InChI=1S/C19H16ClN.C18H14ClN/c1-19(15-8-3-2-4-9-15,18-12-5-6-13-21-18)16-10-7-11-17(20)14-16;19-16-10-6-9-15(13-16)18(14-7-2-1-3-8-14)17-11-4-5-12-20-17/h2-14H,1H3;1-13,18H. The Hall–Kier alpha value is -4.24. The molecule has 0 saturated heterocycles. The van der Waals surface area contributed by atoms with Gasteiger partial charge >= 0.3 is 0 Å². The van der Waals surface area contributed by atoms with Crippen LogP contribution in [0.3, 0.4) is 0 Å². The van der Waals surface area contributed by atoms with E-state index in [4.69, 9.17) is 23.2 Å². The Morgan fingerprint density at radius 1 is 0.512 bits per heavy atom. The summed E-state index contributed by atoms with van der Waals surface area (Å²) in [4.78, 5) is 9.11. The first-order chi connectivity index (χ1) is 20.1. The first kappa shape index (κ1) is 28.3. The zero-order valence-corrected chi connectivity index (χ0v) is 24.3. The maximum Gasteiger partial charge on any atom is 0.0596 e. The highest BCUT2D eigenvalue weighted by Gasteiger charge is 2.32. The molecule has 4 heteroatoms. The van der Waals surface area contributed by atoms with Crippen LogP contribution in [0.4, 0.5) is 0 Å². The van der Waals surface area contributed by atoms with E-state index in [9.17, 15) is 0 Å². The van der Waals surface area contributed by atoms with Crippen LogP contribution < -0.4 is 0 Å². The van der Waals surface area contributed by atoms with Crippen molar-refractivity contribution in [2.24, 2.45) is 0 Å². The normalized spacial score (nSPS) is 12.9. The van der Waals surface area contributed by atoms with Gasteiger partial charge in [0.25, 0.3) is 0 Å². The van der Waals surface area contributed by atoms with Crippen LogP contribution in [0.1, 0.15) is 46.5 Å². The minimum atomic E-state index is -0.326. The van der Waals surface area contributed by atoms with E-state index in [1.807, 2.05) is 85.2 Å². The second kappa shape index (κ2) is 13.4. The van der Waals surface area contributed by atoms with Gasteiger partial charge in [0.15, 0.2) is 0 Å². The maximum absolute atomic E-state index is 6.21. The molecule has 0 amide bonds. The number of benzene rings is 4. The number of pyridine rings is 2. The molecule has 6 aromatic rings. The van der Waals surface area contributed by atoms with Crippen molar-refractivity contribution in [2.45, 2.75) is 18.3 Å². The lowest BCUT2D eigenvalue weighted by Crippen LogP contribution is -2.26. The average molecular weight is 574 g/mol. The van der Waals surface area contributed by atoms with Crippen molar-refractivity contribution < 1.29 is 0 Å². The van der Waals surface area contributed by atoms with Crippen molar-refractivity contribution in [3.8, 4) is 0 Å². The van der Waals surface area contributed by atoms with Crippen LogP contribution in [-0.2, 0) is 5.41 Å². The summed E-state index contributed by atoms with van der Waals surface area (Å²) in [6.07, 6.45) is 3.66. The van der Waals surface area contributed by atoms with E-state index in [2.05, 4.69) is 89.7 Å². The minimum absolute atomic E-state index is 0.107. The van der Waals surface area contributed by atoms with E-state index >= 15 is 0 Å². The average Bonchev–Trinajstić information content (AvgIpc) is 3.03. The fourth-order valence-corrected chi connectivity index (χ4v) is 5.49. The Morgan fingerprint density at radius 2 is 1.07 bits per heavy atom. The van der Waals surface area contributed by atoms with Crippen molar-refractivity contribution >= 4 is 23.2 Å². The lowest BCUT2D eigenvalue weighted by molar-refractivity contribution is 0.665. The van der Waals surface area contributed by atoms with E-state index < -0.39 is 0 Å². The number of aromatic nitrogens is 2. The van der Waals surface area contributed by atoms with E-state index in [1.54, 1.807) is 0 Å². The third-order valence-electron chi connectivity index (χ3n) is 7.23. The fraction of sp³-hybridized carbons (Fsp3) is 0.0811. The molecule has 0 radical (unpaired) electrons. The van der Waals surface area contributed by atoms with Crippen molar-refractivity contribution in [3.63, 3.8) is 0 Å². The molecule has 0 aliphatic rings. The van der Waals surface area contributed by atoms with Crippen molar-refractivity contribution in [1.29, 1.82) is 0 Å². The van der Waals surface area contributed by atoms with Crippen LogP contribution in [0, 0.1) is 0 Å². The van der Waals surface area contributed by atoms with Gasteiger partial charge in [-0.1, -0.05) is 120 Å².